The Hall–Kier alpha value is -0.610. The van der Waals surface area contributed by atoms with Crippen LogP contribution in [-0.2, 0) is 9.53 Å². The Kier molecular flexibility index (Phi) is 5.64. The zero-order valence-corrected chi connectivity index (χ0v) is 11.8. The molecule has 2 rings (SSSR count). The van der Waals surface area contributed by atoms with Crippen molar-refractivity contribution in [2.75, 3.05) is 19.8 Å². The molecule has 2 aliphatic rings. The van der Waals surface area contributed by atoms with Crippen LogP contribution in [0, 0.1) is 5.41 Å². The van der Waals surface area contributed by atoms with E-state index in [4.69, 9.17) is 4.74 Å². The van der Waals surface area contributed by atoms with Gasteiger partial charge in [-0.05, 0) is 38.5 Å². The summed E-state index contributed by atoms with van der Waals surface area (Å²) in [6.07, 6.45) is 9.54. The van der Waals surface area contributed by atoms with Crippen molar-refractivity contribution in [3.05, 3.63) is 0 Å². The van der Waals surface area contributed by atoms with Crippen LogP contribution in [0.3, 0.4) is 0 Å². The highest BCUT2D eigenvalue weighted by atomic mass is 16.5. The minimum absolute atomic E-state index is 0.0446. The zero-order chi connectivity index (χ0) is 13.6. The second-order valence-electron chi connectivity index (χ2n) is 6.17. The van der Waals surface area contributed by atoms with Gasteiger partial charge in [-0.25, -0.2) is 0 Å². The molecule has 1 saturated carbocycles. The van der Waals surface area contributed by atoms with Gasteiger partial charge in [-0.3, -0.25) is 4.79 Å². The molecule has 1 aliphatic carbocycles. The fourth-order valence-electron chi connectivity index (χ4n) is 3.22. The zero-order valence-electron chi connectivity index (χ0n) is 11.8. The normalized spacial score (nSPS) is 26.3. The molecular formula is C15H27NO3. The molecule has 0 radical (unpaired) electrons. The smallest absolute Gasteiger partial charge is 0.220 e. The minimum atomic E-state index is -0.0446. The predicted octanol–water partition coefficient (Wildman–Crippen LogP) is 2.00. The van der Waals surface area contributed by atoms with E-state index in [1.54, 1.807) is 0 Å². The summed E-state index contributed by atoms with van der Waals surface area (Å²) >= 11 is 0. The molecule has 0 aromatic carbocycles. The van der Waals surface area contributed by atoms with Gasteiger partial charge in [0.25, 0.3) is 0 Å². The highest BCUT2D eigenvalue weighted by molar-refractivity contribution is 5.75. The first kappa shape index (κ1) is 14.8. The van der Waals surface area contributed by atoms with Crippen LogP contribution < -0.4 is 5.32 Å². The van der Waals surface area contributed by atoms with Gasteiger partial charge in [-0.1, -0.05) is 12.8 Å². The molecule has 110 valence electrons. The van der Waals surface area contributed by atoms with E-state index in [1.165, 1.54) is 19.3 Å². The van der Waals surface area contributed by atoms with Crippen LogP contribution in [0.1, 0.15) is 57.8 Å². The van der Waals surface area contributed by atoms with Gasteiger partial charge in [0.05, 0.1) is 12.7 Å². The molecule has 1 saturated heterocycles. The van der Waals surface area contributed by atoms with Gasteiger partial charge in [0.1, 0.15) is 0 Å². The van der Waals surface area contributed by atoms with Gasteiger partial charge in [-0.2, -0.15) is 0 Å². The van der Waals surface area contributed by atoms with Crippen molar-refractivity contribution in [1.82, 2.24) is 5.32 Å². The van der Waals surface area contributed by atoms with Crippen molar-refractivity contribution in [1.29, 1.82) is 0 Å². The largest absolute Gasteiger partial charge is 0.396 e. The first-order chi connectivity index (χ1) is 9.24. The van der Waals surface area contributed by atoms with Gasteiger partial charge in [0.2, 0.25) is 5.91 Å². The molecule has 1 aliphatic heterocycles. The number of hydrogen-bond donors (Lipinski definition) is 2. The number of aliphatic hydroxyl groups is 1. The Morgan fingerprint density at radius 1 is 1.26 bits per heavy atom. The van der Waals surface area contributed by atoms with E-state index >= 15 is 0 Å². The third kappa shape index (κ3) is 4.46. The number of nitrogens with one attached hydrogen (secondary N) is 1. The lowest BCUT2D eigenvalue weighted by atomic mass is 9.87. The van der Waals surface area contributed by atoms with Crippen LogP contribution in [0.2, 0.25) is 0 Å². The number of ether oxygens (including phenoxy) is 1. The van der Waals surface area contributed by atoms with Gasteiger partial charge in [-0.15, -0.1) is 0 Å². The van der Waals surface area contributed by atoms with Crippen LogP contribution in [0.5, 0.6) is 0 Å². The fraction of sp³-hybridized carbons (Fsp3) is 0.933. The van der Waals surface area contributed by atoms with Crippen molar-refractivity contribution >= 4 is 5.91 Å². The Bertz CT molecular complexity index is 281. The maximum Gasteiger partial charge on any atom is 0.220 e. The molecule has 1 heterocycles. The summed E-state index contributed by atoms with van der Waals surface area (Å²) in [6, 6.07) is 0. The molecule has 2 fully saturated rings. The van der Waals surface area contributed by atoms with Gasteiger partial charge in [0, 0.05) is 25.0 Å². The third-order valence-electron chi connectivity index (χ3n) is 4.63. The van der Waals surface area contributed by atoms with Crippen LogP contribution in [0.25, 0.3) is 0 Å². The topological polar surface area (TPSA) is 58.6 Å². The number of carbonyl (C=O) groups is 1. The second-order valence-corrected chi connectivity index (χ2v) is 6.17. The summed E-state index contributed by atoms with van der Waals surface area (Å²) in [5.41, 5.74) is -0.0446. The van der Waals surface area contributed by atoms with Crippen LogP contribution in [-0.4, -0.2) is 36.9 Å². The van der Waals surface area contributed by atoms with Gasteiger partial charge in [0.15, 0.2) is 0 Å². The van der Waals surface area contributed by atoms with Crippen molar-refractivity contribution in [3.8, 4) is 0 Å². The Labute approximate surface area is 115 Å². The molecule has 0 aromatic heterocycles. The highest BCUT2D eigenvalue weighted by Gasteiger charge is 2.33. The average molecular weight is 269 g/mol. The maximum atomic E-state index is 11.9. The second kappa shape index (κ2) is 7.25. The number of aliphatic hydroxyl groups excluding tert-OH is 1. The van der Waals surface area contributed by atoms with E-state index in [0.29, 0.717) is 13.0 Å². The first-order valence-electron chi connectivity index (χ1n) is 7.73. The number of hydrogen-bond acceptors (Lipinski definition) is 3. The maximum absolute atomic E-state index is 11.9. The highest BCUT2D eigenvalue weighted by Crippen LogP contribution is 2.36. The first-order valence-corrected chi connectivity index (χ1v) is 7.73. The van der Waals surface area contributed by atoms with Crippen molar-refractivity contribution < 1.29 is 14.6 Å². The van der Waals surface area contributed by atoms with Crippen molar-refractivity contribution in [3.63, 3.8) is 0 Å². The van der Waals surface area contributed by atoms with E-state index in [1.807, 2.05) is 0 Å². The van der Waals surface area contributed by atoms with Crippen LogP contribution >= 0.6 is 0 Å². The van der Waals surface area contributed by atoms with Gasteiger partial charge < -0.3 is 15.2 Å². The van der Waals surface area contributed by atoms with E-state index < -0.39 is 0 Å². The SMILES string of the molecule is O=C(CCC1CCCCO1)NCC1(CO)CCCC1. The van der Waals surface area contributed by atoms with Crippen LogP contribution in [0.4, 0.5) is 0 Å². The Balaban J connectivity index is 1.63. The minimum Gasteiger partial charge on any atom is -0.396 e. The van der Waals surface area contributed by atoms with Crippen LogP contribution in [0.15, 0.2) is 0 Å². The molecule has 4 heteroatoms. The number of amides is 1. The number of carbonyl (C=O) groups excluding carboxylic acids is 1. The Morgan fingerprint density at radius 2 is 2.05 bits per heavy atom. The van der Waals surface area contributed by atoms with E-state index in [2.05, 4.69) is 5.32 Å². The molecule has 1 amide bonds. The lowest BCUT2D eigenvalue weighted by molar-refractivity contribution is -0.122. The van der Waals surface area contributed by atoms with Crippen molar-refractivity contribution in [2.45, 2.75) is 63.9 Å². The molecule has 0 spiro atoms. The molecule has 4 nitrogen and oxygen atoms in total. The summed E-state index contributed by atoms with van der Waals surface area (Å²) in [6.45, 7) is 1.67. The molecular weight excluding hydrogens is 242 g/mol. The lowest BCUT2D eigenvalue weighted by Gasteiger charge is -2.27. The van der Waals surface area contributed by atoms with Gasteiger partial charge >= 0.3 is 0 Å². The summed E-state index contributed by atoms with van der Waals surface area (Å²) in [4.78, 5) is 11.9. The molecule has 2 N–H and O–H groups in total. The predicted molar refractivity (Wildman–Crippen MR) is 73.8 cm³/mol. The summed E-state index contributed by atoms with van der Waals surface area (Å²) in [5, 5.41) is 12.5. The quantitative estimate of drug-likeness (QED) is 0.775. The summed E-state index contributed by atoms with van der Waals surface area (Å²) in [5.74, 6) is 0.105. The Morgan fingerprint density at radius 3 is 2.68 bits per heavy atom. The molecule has 0 aromatic rings. The molecule has 1 unspecified atom stereocenters. The van der Waals surface area contributed by atoms with E-state index in [-0.39, 0.29) is 24.0 Å². The fourth-order valence-corrected chi connectivity index (χ4v) is 3.22. The standard InChI is InChI=1S/C15H27NO3/c17-12-15(8-2-3-9-15)11-16-14(18)7-6-13-5-1-4-10-19-13/h13,17H,1-12H2,(H,16,18). The summed E-state index contributed by atoms with van der Waals surface area (Å²) in [7, 11) is 0. The molecule has 19 heavy (non-hydrogen) atoms. The van der Waals surface area contributed by atoms with Crippen molar-refractivity contribution in [2.24, 2.45) is 5.41 Å². The van der Waals surface area contributed by atoms with E-state index in [0.717, 1.165) is 38.7 Å². The van der Waals surface area contributed by atoms with E-state index in [9.17, 15) is 9.90 Å². The lowest BCUT2D eigenvalue weighted by Crippen LogP contribution is -2.38. The molecule has 1 atom stereocenters. The average Bonchev–Trinajstić information content (AvgIpc) is 2.93. The summed E-state index contributed by atoms with van der Waals surface area (Å²) < 4.78 is 5.63. The molecule has 0 bridgehead atoms. The monoisotopic (exact) mass is 269 g/mol. The third-order valence-corrected chi connectivity index (χ3v) is 4.63. The number of rotatable bonds is 6.